The molecular formula is C19H20N8O4. The largest absolute Gasteiger partial charge is 0.433 e. The first kappa shape index (κ1) is 20.2. The van der Waals surface area contributed by atoms with Gasteiger partial charge in [-0.25, -0.2) is 5.43 Å². The molecule has 0 aliphatic carbocycles. The Morgan fingerprint density at radius 1 is 1.10 bits per heavy atom. The summed E-state index contributed by atoms with van der Waals surface area (Å²) < 4.78 is 10.4. The Morgan fingerprint density at radius 3 is 2.61 bits per heavy atom. The molecule has 4 rings (SSSR count). The highest BCUT2D eigenvalue weighted by Crippen LogP contribution is 2.17. The number of benzene rings is 1. The van der Waals surface area contributed by atoms with Crippen molar-refractivity contribution in [2.45, 2.75) is 6.54 Å². The van der Waals surface area contributed by atoms with Crippen molar-refractivity contribution in [1.82, 2.24) is 15.0 Å². The van der Waals surface area contributed by atoms with Crippen molar-refractivity contribution < 1.29 is 14.1 Å². The molecule has 0 saturated carbocycles. The number of anilines is 3. The summed E-state index contributed by atoms with van der Waals surface area (Å²) in [5.74, 6) is 0.990. The molecule has 2 N–H and O–H groups in total. The van der Waals surface area contributed by atoms with Crippen molar-refractivity contribution in [2.75, 3.05) is 41.9 Å². The number of hydrogen-bond acceptors (Lipinski definition) is 11. The number of morpholine rings is 1. The van der Waals surface area contributed by atoms with E-state index in [1.165, 1.54) is 18.3 Å². The zero-order chi connectivity index (χ0) is 21.5. The van der Waals surface area contributed by atoms with E-state index in [4.69, 9.17) is 9.15 Å². The molecule has 12 heteroatoms. The van der Waals surface area contributed by atoms with Crippen LogP contribution >= 0.6 is 0 Å². The Bertz CT molecular complexity index is 1050. The molecule has 0 spiro atoms. The molecule has 1 aliphatic heterocycles. The van der Waals surface area contributed by atoms with Crippen LogP contribution in [0.15, 0.2) is 52.0 Å². The van der Waals surface area contributed by atoms with Gasteiger partial charge in [0, 0.05) is 19.6 Å². The summed E-state index contributed by atoms with van der Waals surface area (Å²) >= 11 is 0. The van der Waals surface area contributed by atoms with Crippen LogP contribution in [0, 0.1) is 10.1 Å². The van der Waals surface area contributed by atoms with Crippen LogP contribution in [-0.2, 0) is 11.3 Å². The maximum atomic E-state index is 10.7. The molecule has 1 fully saturated rings. The van der Waals surface area contributed by atoms with Crippen molar-refractivity contribution in [1.29, 1.82) is 0 Å². The molecule has 3 aromatic rings. The highest BCUT2D eigenvalue weighted by molar-refractivity contribution is 5.76. The Kier molecular flexibility index (Phi) is 6.28. The Morgan fingerprint density at radius 2 is 1.87 bits per heavy atom. The van der Waals surface area contributed by atoms with Crippen LogP contribution in [0.1, 0.15) is 11.3 Å². The van der Waals surface area contributed by atoms with Gasteiger partial charge in [0.2, 0.25) is 17.8 Å². The number of nitrogens with one attached hydrogen (secondary N) is 2. The number of hydrogen-bond donors (Lipinski definition) is 2. The third-order valence-corrected chi connectivity index (χ3v) is 4.36. The predicted octanol–water partition coefficient (Wildman–Crippen LogP) is 2.27. The maximum Gasteiger partial charge on any atom is 0.433 e. The van der Waals surface area contributed by atoms with Gasteiger partial charge < -0.3 is 19.4 Å². The molecule has 1 saturated heterocycles. The standard InChI is InChI=1S/C19H20N8O4/c28-27(29)16-7-6-15(31-16)13-21-25-18-22-17(20-12-14-4-2-1-3-5-14)23-19(24-18)26-8-10-30-11-9-26/h1-7,13H,8-12H2,(H2,20,22,23,24,25). The summed E-state index contributed by atoms with van der Waals surface area (Å²) in [4.78, 5) is 25.4. The lowest BCUT2D eigenvalue weighted by Crippen LogP contribution is -2.37. The first-order chi connectivity index (χ1) is 15.2. The van der Waals surface area contributed by atoms with Gasteiger partial charge >= 0.3 is 5.88 Å². The van der Waals surface area contributed by atoms with Gasteiger partial charge in [-0.3, -0.25) is 10.1 Å². The van der Waals surface area contributed by atoms with Gasteiger partial charge in [-0.1, -0.05) is 30.3 Å². The van der Waals surface area contributed by atoms with Crippen LogP contribution in [0.5, 0.6) is 0 Å². The summed E-state index contributed by atoms with van der Waals surface area (Å²) in [5.41, 5.74) is 3.82. The summed E-state index contributed by atoms with van der Waals surface area (Å²) in [6, 6.07) is 12.6. The van der Waals surface area contributed by atoms with E-state index in [0.29, 0.717) is 44.7 Å². The lowest BCUT2D eigenvalue weighted by molar-refractivity contribution is -0.402. The summed E-state index contributed by atoms with van der Waals surface area (Å²) in [6.45, 7) is 3.07. The monoisotopic (exact) mass is 424 g/mol. The Labute approximate surface area is 177 Å². The van der Waals surface area contributed by atoms with E-state index < -0.39 is 4.92 Å². The fourth-order valence-electron chi connectivity index (χ4n) is 2.84. The van der Waals surface area contributed by atoms with Crippen molar-refractivity contribution in [3.63, 3.8) is 0 Å². The minimum atomic E-state index is -0.615. The number of nitrogens with zero attached hydrogens (tertiary/aromatic N) is 6. The molecule has 0 amide bonds. The minimum absolute atomic E-state index is 0.226. The van der Waals surface area contributed by atoms with Crippen LogP contribution < -0.4 is 15.6 Å². The molecule has 160 valence electrons. The minimum Gasteiger partial charge on any atom is -0.400 e. The zero-order valence-corrected chi connectivity index (χ0v) is 16.5. The topological polar surface area (TPSA) is 144 Å². The fourth-order valence-corrected chi connectivity index (χ4v) is 2.84. The van der Waals surface area contributed by atoms with Crippen molar-refractivity contribution in [3.8, 4) is 0 Å². The molecule has 0 bridgehead atoms. The number of aromatic nitrogens is 3. The average molecular weight is 424 g/mol. The van der Waals surface area contributed by atoms with Crippen LogP contribution in [0.25, 0.3) is 0 Å². The molecular weight excluding hydrogens is 404 g/mol. The number of nitro groups is 1. The first-order valence-corrected chi connectivity index (χ1v) is 9.57. The van der Waals surface area contributed by atoms with Gasteiger partial charge in [0.15, 0.2) is 5.76 Å². The molecule has 12 nitrogen and oxygen atoms in total. The summed E-state index contributed by atoms with van der Waals surface area (Å²) in [5, 5.41) is 17.9. The van der Waals surface area contributed by atoms with Crippen molar-refractivity contribution in [2.24, 2.45) is 5.10 Å². The molecule has 3 heterocycles. The lowest BCUT2D eigenvalue weighted by Gasteiger charge is -2.27. The van der Waals surface area contributed by atoms with Gasteiger partial charge in [0.05, 0.1) is 25.5 Å². The SMILES string of the molecule is O=[N+]([O-])c1ccc(C=NNc2nc(NCc3ccccc3)nc(N3CCOCC3)n2)o1. The van der Waals surface area contributed by atoms with Crippen molar-refractivity contribution >= 4 is 29.9 Å². The third kappa shape index (κ3) is 5.51. The molecule has 0 unspecified atom stereocenters. The van der Waals surface area contributed by atoms with E-state index >= 15 is 0 Å². The number of ether oxygens (including phenoxy) is 1. The van der Waals surface area contributed by atoms with Gasteiger partial charge in [-0.05, 0) is 11.6 Å². The van der Waals surface area contributed by atoms with Crippen molar-refractivity contribution in [3.05, 3.63) is 63.9 Å². The number of hydrazone groups is 1. The second-order valence-electron chi connectivity index (χ2n) is 6.52. The third-order valence-electron chi connectivity index (χ3n) is 4.36. The molecule has 0 atom stereocenters. The van der Waals surface area contributed by atoms with Crippen LogP contribution in [0.2, 0.25) is 0 Å². The highest BCUT2D eigenvalue weighted by atomic mass is 16.6. The molecule has 31 heavy (non-hydrogen) atoms. The van der Waals surface area contributed by atoms with Gasteiger partial charge in [-0.2, -0.15) is 20.1 Å². The summed E-state index contributed by atoms with van der Waals surface area (Å²) in [7, 11) is 0. The van der Waals surface area contributed by atoms with Crippen LogP contribution in [0.4, 0.5) is 23.7 Å². The first-order valence-electron chi connectivity index (χ1n) is 9.57. The van der Waals surface area contributed by atoms with Gasteiger partial charge in [0.25, 0.3) is 0 Å². The van der Waals surface area contributed by atoms with E-state index in [2.05, 4.69) is 30.8 Å². The molecule has 2 aromatic heterocycles. The van der Waals surface area contributed by atoms with Crippen LogP contribution in [-0.4, -0.2) is 52.4 Å². The Balaban J connectivity index is 1.50. The van der Waals surface area contributed by atoms with Crippen LogP contribution in [0.3, 0.4) is 0 Å². The Hall–Kier alpha value is -4.06. The maximum absolute atomic E-state index is 10.7. The number of furan rings is 1. The van der Waals surface area contributed by atoms with E-state index in [1.807, 2.05) is 35.2 Å². The zero-order valence-electron chi connectivity index (χ0n) is 16.5. The summed E-state index contributed by atoms with van der Waals surface area (Å²) in [6.07, 6.45) is 1.31. The average Bonchev–Trinajstić information content (AvgIpc) is 3.28. The fraction of sp³-hybridized carbons (Fsp3) is 0.263. The smallest absolute Gasteiger partial charge is 0.400 e. The quantitative estimate of drug-likeness (QED) is 0.314. The highest BCUT2D eigenvalue weighted by Gasteiger charge is 2.17. The normalized spacial score (nSPS) is 14.0. The lowest BCUT2D eigenvalue weighted by atomic mass is 10.2. The van der Waals surface area contributed by atoms with E-state index in [9.17, 15) is 10.1 Å². The van der Waals surface area contributed by atoms with E-state index in [0.717, 1.165) is 5.56 Å². The van der Waals surface area contributed by atoms with E-state index in [1.54, 1.807) is 0 Å². The van der Waals surface area contributed by atoms with Gasteiger partial charge in [0.1, 0.15) is 4.92 Å². The predicted molar refractivity (Wildman–Crippen MR) is 113 cm³/mol. The number of rotatable bonds is 8. The van der Waals surface area contributed by atoms with E-state index in [-0.39, 0.29) is 17.6 Å². The molecule has 1 aromatic carbocycles. The second kappa shape index (κ2) is 9.63. The second-order valence-corrected chi connectivity index (χ2v) is 6.52. The molecule has 0 radical (unpaired) electrons. The molecule has 1 aliphatic rings. The van der Waals surface area contributed by atoms with Gasteiger partial charge in [-0.15, -0.1) is 0 Å².